The molecule has 0 spiro atoms. The van der Waals surface area contributed by atoms with Gasteiger partial charge in [0.05, 0.1) is 0 Å². The van der Waals surface area contributed by atoms with E-state index in [2.05, 4.69) is 15.5 Å². The molecular weight excluding hydrogens is 318 g/mol. The number of aryl methyl sites for hydroxylation is 2. The minimum absolute atomic E-state index is 0.0977. The van der Waals surface area contributed by atoms with Crippen LogP contribution in [0.4, 0.5) is 0 Å². The molecule has 3 rings (SSSR count). The SMILES string of the molecule is Cc1ccc(OCC(=O)NC(c2ccccc2)c2nnc(C)o2)cc1. The molecule has 128 valence electrons. The van der Waals surface area contributed by atoms with E-state index in [1.54, 1.807) is 6.92 Å². The van der Waals surface area contributed by atoms with E-state index in [0.29, 0.717) is 17.5 Å². The zero-order valence-corrected chi connectivity index (χ0v) is 14.1. The van der Waals surface area contributed by atoms with Gasteiger partial charge in [0.25, 0.3) is 5.91 Å². The Morgan fingerprint density at radius 2 is 1.80 bits per heavy atom. The van der Waals surface area contributed by atoms with Crippen LogP contribution in [0.15, 0.2) is 59.0 Å². The third-order valence-corrected chi connectivity index (χ3v) is 3.62. The summed E-state index contributed by atoms with van der Waals surface area (Å²) in [5.74, 6) is 1.16. The van der Waals surface area contributed by atoms with Crippen molar-refractivity contribution in [1.82, 2.24) is 15.5 Å². The Bertz CT molecular complexity index is 829. The lowest BCUT2D eigenvalue weighted by molar-refractivity contribution is -0.123. The molecule has 1 amide bonds. The number of benzene rings is 2. The number of rotatable bonds is 6. The third kappa shape index (κ3) is 4.44. The lowest BCUT2D eigenvalue weighted by Crippen LogP contribution is -2.33. The quantitative estimate of drug-likeness (QED) is 0.748. The van der Waals surface area contributed by atoms with Gasteiger partial charge in [-0.25, -0.2) is 0 Å². The Morgan fingerprint density at radius 3 is 2.44 bits per heavy atom. The summed E-state index contributed by atoms with van der Waals surface area (Å²) in [6, 6.07) is 16.5. The first-order chi connectivity index (χ1) is 12.1. The highest BCUT2D eigenvalue weighted by atomic mass is 16.5. The largest absolute Gasteiger partial charge is 0.484 e. The molecule has 0 radical (unpaired) electrons. The number of carbonyl (C=O) groups is 1. The van der Waals surface area contributed by atoms with Crippen LogP contribution in [0.3, 0.4) is 0 Å². The molecule has 6 nitrogen and oxygen atoms in total. The van der Waals surface area contributed by atoms with Crippen LogP contribution in [0.25, 0.3) is 0 Å². The van der Waals surface area contributed by atoms with Crippen molar-refractivity contribution in [3.63, 3.8) is 0 Å². The molecule has 0 aliphatic heterocycles. The first kappa shape index (κ1) is 16.7. The van der Waals surface area contributed by atoms with Gasteiger partial charge in [-0.1, -0.05) is 48.0 Å². The summed E-state index contributed by atoms with van der Waals surface area (Å²) in [6.07, 6.45) is 0. The van der Waals surface area contributed by atoms with Crippen LogP contribution in [-0.2, 0) is 4.79 Å². The smallest absolute Gasteiger partial charge is 0.258 e. The molecule has 1 N–H and O–H groups in total. The van der Waals surface area contributed by atoms with Crippen LogP contribution in [-0.4, -0.2) is 22.7 Å². The standard InChI is InChI=1S/C19H19N3O3/c1-13-8-10-16(11-9-13)24-12-17(23)20-18(15-6-4-3-5-7-15)19-22-21-14(2)25-19/h3-11,18H,12H2,1-2H3,(H,20,23). The number of ether oxygens (including phenoxy) is 1. The maximum atomic E-state index is 12.3. The Kier molecular flexibility index (Phi) is 5.09. The van der Waals surface area contributed by atoms with Crippen molar-refractivity contribution in [3.8, 4) is 5.75 Å². The molecule has 3 aromatic rings. The molecule has 2 aromatic carbocycles. The van der Waals surface area contributed by atoms with Gasteiger partial charge in [-0.2, -0.15) is 0 Å². The Labute approximate surface area is 145 Å². The van der Waals surface area contributed by atoms with Crippen molar-refractivity contribution in [3.05, 3.63) is 77.5 Å². The van der Waals surface area contributed by atoms with Gasteiger partial charge in [0.1, 0.15) is 11.8 Å². The molecular formula is C19H19N3O3. The highest BCUT2D eigenvalue weighted by molar-refractivity contribution is 5.78. The van der Waals surface area contributed by atoms with Crippen LogP contribution in [0.2, 0.25) is 0 Å². The van der Waals surface area contributed by atoms with E-state index in [0.717, 1.165) is 11.1 Å². The van der Waals surface area contributed by atoms with E-state index < -0.39 is 6.04 Å². The van der Waals surface area contributed by atoms with E-state index in [1.807, 2.05) is 61.5 Å². The lowest BCUT2D eigenvalue weighted by Gasteiger charge is -2.16. The van der Waals surface area contributed by atoms with Gasteiger partial charge in [-0.15, -0.1) is 10.2 Å². The van der Waals surface area contributed by atoms with Gasteiger partial charge in [0.15, 0.2) is 6.61 Å². The molecule has 0 fully saturated rings. The van der Waals surface area contributed by atoms with E-state index in [-0.39, 0.29) is 12.5 Å². The number of nitrogens with one attached hydrogen (secondary N) is 1. The van der Waals surface area contributed by atoms with E-state index in [4.69, 9.17) is 9.15 Å². The summed E-state index contributed by atoms with van der Waals surface area (Å²) in [5.41, 5.74) is 1.99. The van der Waals surface area contributed by atoms with Crippen LogP contribution < -0.4 is 10.1 Å². The summed E-state index contributed by atoms with van der Waals surface area (Å²) in [4.78, 5) is 12.3. The molecule has 0 saturated carbocycles. The van der Waals surface area contributed by atoms with E-state index in [1.165, 1.54) is 0 Å². The van der Waals surface area contributed by atoms with Crippen molar-refractivity contribution < 1.29 is 13.9 Å². The predicted molar refractivity (Wildman–Crippen MR) is 92.1 cm³/mol. The van der Waals surface area contributed by atoms with Crippen LogP contribution in [0.1, 0.15) is 29.0 Å². The topological polar surface area (TPSA) is 77.2 Å². The number of aromatic nitrogens is 2. The predicted octanol–water partition coefficient (Wildman–Crippen LogP) is 2.97. The van der Waals surface area contributed by atoms with Crippen LogP contribution >= 0.6 is 0 Å². The van der Waals surface area contributed by atoms with Gasteiger partial charge in [-0.05, 0) is 24.6 Å². The highest BCUT2D eigenvalue weighted by Gasteiger charge is 2.22. The Morgan fingerprint density at radius 1 is 1.08 bits per heavy atom. The summed E-state index contributed by atoms with van der Waals surface area (Å²) >= 11 is 0. The van der Waals surface area contributed by atoms with Gasteiger partial charge in [0, 0.05) is 6.92 Å². The molecule has 0 saturated heterocycles. The van der Waals surface area contributed by atoms with E-state index >= 15 is 0 Å². The second-order valence-electron chi connectivity index (χ2n) is 5.67. The molecule has 0 aliphatic rings. The summed E-state index contributed by atoms with van der Waals surface area (Å²) in [7, 11) is 0. The molecule has 1 aromatic heterocycles. The van der Waals surface area contributed by atoms with Crippen molar-refractivity contribution in [1.29, 1.82) is 0 Å². The van der Waals surface area contributed by atoms with E-state index in [9.17, 15) is 4.79 Å². The normalized spacial score (nSPS) is 11.8. The number of amides is 1. The Hall–Kier alpha value is -3.15. The average Bonchev–Trinajstić information content (AvgIpc) is 3.06. The summed E-state index contributed by atoms with van der Waals surface area (Å²) in [5, 5.41) is 10.8. The second-order valence-corrected chi connectivity index (χ2v) is 5.67. The van der Waals surface area contributed by atoms with Gasteiger partial charge in [-0.3, -0.25) is 4.79 Å². The average molecular weight is 337 g/mol. The van der Waals surface area contributed by atoms with Crippen molar-refractivity contribution >= 4 is 5.91 Å². The number of carbonyl (C=O) groups excluding carboxylic acids is 1. The summed E-state index contributed by atoms with van der Waals surface area (Å²) in [6.45, 7) is 3.60. The molecule has 6 heteroatoms. The molecule has 25 heavy (non-hydrogen) atoms. The Balaban J connectivity index is 1.69. The lowest BCUT2D eigenvalue weighted by atomic mass is 10.1. The zero-order chi connectivity index (χ0) is 17.6. The first-order valence-corrected chi connectivity index (χ1v) is 7.95. The van der Waals surface area contributed by atoms with Crippen molar-refractivity contribution in [2.75, 3.05) is 6.61 Å². The van der Waals surface area contributed by atoms with Crippen molar-refractivity contribution in [2.24, 2.45) is 0 Å². The number of hydrogen-bond acceptors (Lipinski definition) is 5. The minimum Gasteiger partial charge on any atom is -0.484 e. The number of hydrogen-bond donors (Lipinski definition) is 1. The van der Waals surface area contributed by atoms with Gasteiger partial charge in [0.2, 0.25) is 11.8 Å². The maximum absolute atomic E-state index is 12.3. The first-order valence-electron chi connectivity index (χ1n) is 7.95. The maximum Gasteiger partial charge on any atom is 0.258 e. The molecule has 1 atom stereocenters. The third-order valence-electron chi connectivity index (χ3n) is 3.62. The minimum atomic E-state index is -0.517. The number of nitrogens with zero attached hydrogens (tertiary/aromatic N) is 2. The molecule has 0 bridgehead atoms. The van der Waals surface area contributed by atoms with Crippen molar-refractivity contribution in [2.45, 2.75) is 19.9 Å². The fourth-order valence-corrected chi connectivity index (χ4v) is 2.35. The van der Waals surface area contributed by atoms with Gasteiger partial charge < -0.3 is 14.5 Å². The second kappa shape index (κ2) is 7.61. The molecule has 1 heterocycles. The molecule has 0 aliphatic carbocycles. The van der Waals surface area contributed by atoms with Gasteiger partial charge >= 0.3 is 0 Å². The van der Waals surface area contributed by atoms with Crippen LogP contribution in [0.5, 0.6) is 5.75 Å². The van der Waals surface area contributed by atoms with Crippen LogP contribution in [0, 0.1) is 13.8 Å². The highest BCUT2D eigenvalue weighted by Crippen LogP contribution is 2.20. The monoisotopic (exact) mass is 337 g/mol. The molecule has 1 unspecified atom stereocenters. The fraction of sp³-hybridized carbons (Fsp3) is 0.211. The summed E-state index contributed by atoms with van der Waals surface area (Å²) < 4.78 is 11.0. The fourth-order valence-electron chi connectivity index (χ4n) is 2.35. The zero-order valence-electron chi connectivity index (χ0n) is 14.1.